The van der Waals surface area contributed by atoms with E-state index in [0.29, 0.717) is 22.3 Å². The second kappa shape index (κ2) is 8.88. The maximum Gasteiger partial charge on any atom is 0.276 e. The molecule has 2 aromatic carbocycles. The molecule has 138 valence electrons. The second-order valence-electron chi connectivity index (χ2n) is 5.78. The highest BCUT2D eigenvalue weighted by Crippen LogP contribution is 2.26. The first-order valence-corrected chi connectivity index (χ1v) is 9.58. The zero-order valence-corrected chi connectivity index (χ0v) is 16.5. The first-order chi connectivity index (χ1) is 13.1. The molecule has 0 saturated heterocycles. The summed E-state index contributed by atoms with van der Waals surface area (Å²) >= 11 is 7.59. The van der Waals surface area contributed by atoms with Gasteiger partial charge in [0.1, 0.15) is 5.75 Å². The van der Waals surface area contributed by atoms with Crippen LogP contribution < -0.4 is 10.1 Å². The van der Waals surface area contributed by atoms with Crippen molar-refractivity contribution in [1.29, 1.82) is 0 Å². The topological polar surface area (TPSA) is 64.1 Å². The lowest BCUT2D eigenvalue weighted by Crippen LogP contribution is -2.15. The van der Waals surface area contributed by atoms with Crippen LogP contribution in [0.1, 0.15) is 21.6 Å². The van der Waals surface area contributed by atoms with E-state index in [1.54, 1.807) is 19.2 Å². The van der Waals surface area contributed by atoms with Crippen LogP contribution in [0.2, 0.25) is 5.02 Å². The average Bonchev–Trinajstić information content (AvgIpc) is 2.69. The van der Waals surface area contributed by atoms with E-state index < -0.39 is 5.91 Å². The van der Waals surface area contributed by atoms with Gasteiger partial charge >= 0.3 is 0 Å². The van der Waals surface area contributed by atoms with E-state index in [0.717, 1.165) is 5.56 Å². The normalized spacial score (nSPS) is 10.5. The highest BCUT2D eigenvalue weighted by molar-refractivity contribution is 7.98. The van der Waals surface area contributed by atoms with E-state index in [4.69, 9.17) is 16.3 Å². The minimum Gasteiger partial charge on any atom is -0.495 e. The lowest BCUT2D eigenvalue weighted by atomic mass is 10.2. The SMILES string of the molecule is COc1ccccc1NC(=O)c1nc(SCc2ccc(C)cc2)ncc1Cl. The van der Waals surface area contributed by atoms with Crippen molar-refractivity contribution >= 4 is 35.0 Å². The van der Waals surface area contributed by atoms with Gasteiger partial charge in [0.05, 0.1) is 24.0 Å². The van der Waals surface area contributed by atoms with Crippen LogP contribution >= 0.6 is 23.4 Å². The minimum absolute atomic E-state index is 0.129. The smallest absolute Gasteiger partial charge is 0.276 e. The van der Waals surface area contributed by atoms with E-state index in [-0.39, 0.29) is 10.7 Å². The molecular formula is C20H18ClN3O2S. The summed E-state index contributed by atoms with van der Waals surface area (Å²) in [5.74, 6) is 0.851. The summed E-state index contributed by atoms with van der Waals surface area (Å²) < 4.78 is 5.25. The second-order valence-corrected chi connectivity index (χ2v) is 7.13. The average molecular weight is 400 g/mol. The number of carbonyl (C=O) groups is 1. The van der Waals surface area contributed by atoms with Gasteiger partial charge in [0, 0.05) is 5.75 Å². The fraction of sp³-hybridized carbons (Fsp3) is 0.150. The van der Waals surface area contributed by atoms with Crippen molar-refractivity contribution in [2.24, 2.45) is 0 Å². The van der Waals surface area contributed by atoms with Crippen LogP contribution in [-0.4, -0.2) is 23.0 Å². The van der Waals surface area contributed by atoms with Crippen LogP contribution in [0.25, 0.3) is 0 Å². The van der Waals surface area contributed by atoms with Crippen LogP contribution in [0.3, 0.4) is 0 Å². The molecule has 1 amide bonds. The minimum atomic E-state index is -0.413. The predicted molar refractivity (Wildman–Crippen MR) is 109 cm³/mol. The predicted octanol–water partition coefficient (Wildman–Crippen LogP) is 4.99. The number of benzene rings is 2. The number of halogens is 1. The molecule has 1 heterocycles. The molecule has 0 fully saturated rings. The van der Waals surface area contributed by atoms with Gasteiger partial charge in [0.15, 0.2) is 10.9 Å². The van der Waals surface area contributed by atoms with Crippen molar-refractivity contribution in [1.82, 2.24) is 9.97 Å². The zero-order chi connectivity index (χ0) is 19.2. The van der Waals surface area contributed by atoms with Gasteiger partial charge in [-0.05, 0) is 24.6 Å². The molecule has 27 heavy (non-hydrogen) atoms. The molecule has 5 nitrogen and oxygen atoms in total. The Morgan fingerprint density at radius 1 is 1.19 bits per heavy atom. The third-order valence-corrected chi connectivity index (χ3v) is 4.99. The monoisotopic (exact) mass is 399 g/mol. The number of carbonyl (C=O) groups excluding carboxylic acids is 1. The van der Waals surface area contributed by atoms with Gasteiger partial charge in [-0.1, -0.05) is 65.3 Å². The molecule has 0 aliphatic carbocycles. The number of aryl methyl sites for hydroxylation is 1. The molecule has 0 saturated carbocycles. The number of methoxy groups -OCH3 is 1. The van der Waals surface area contributed by atoms with Gasteiger partial charge in [-0.25, -0.2) is 9.97 Å². The van der Waals surface area contributed by atoms with E-state index in [9.17, 15) is 4.79 Å². The Morgan fingerprint density at radius 3 is 2.67 bits per heavy atom. The zero-order valence-electron chi connectivity index (χ0n) is 14.9. The first kappa shape index (κ1) is 19.2. The Labute approximate surface area is 167 Å². The molecule has 1 N–H and O–H groups in total. The van der Waals surface area contributed by atoms with E-state index in [1.165, 1.54) is 23.5 Å². The lowest BCUT2D eigenvalue weighted by molar-refractivity contribution is 0.102. The van der Waals surface area contributed by atoms with Gasteiger partial charge in [-0.2, -0.15) is 0 Å². The number of aromatic nitrogens is 2. The number of rotatable bonds is 6. The summed E-state index contributed by atoms with van der Waals surface area (Å²) in [7, 11) is 1.54. The number of ether oxygens (including phenoxy) is 1. The highest BCUT2D eigenvalue weighted by Gasteiger charge is 2.16. The number of thioether (sulfide) groups is 1. The molecular weight excluding hydrogens is 382 g/mol. The molecule has 0 aliphatic heterocycles. The summed E-state index contributed by atoms with van der Waals surface area (Å²) in [6.07, 6.45) is 1.45. The van der Waals surface area contributed by atoms with Crippen molar-refractivity contribution in [2.75, 3.05) is 12.4 Å². The molecule has 3 rings (SSSR count). The van der Waals surface area contributed by atoms with Crippen LogP contribution in [0.4, 0.5) is 5.69 Å². The Kier molecular flexibility index (Phi) is 6.32. The first-order valence-electron chi connectivity index (χ1n) is 8.22. The summed E-state index contributed by atoms with van der Waals surface area (Å²) in [4.78, 5) is 21.1. The summed E-state index contributed by atoms with van der Waals surface area (Å²) in [6, 6.07) is 15.4. The van der Waals surface area contributed by atoms with Crippen LogP contribution in [0, 0.1) is 6.92 Å². The quantitative estimate of drug-likeness (QED) is 0.467. The molecule has 0 spiro atoms. The molecule has 0 aliphatic rings. The summed E-state index contributed by atoms with van der Waals surface area (Å²) in [5, 5.41) is 3.47. The van der Waals surface area contributed by atoms with E-state index in [1.807, 2.05) is 19.1 Å². The Morgan fingerprint density at radius 2 is 1.93 bits per heavy atom. The number of anilines is 1. The van der Waals surface area contributed by atoms with Crippen LogP contribution in [0.15, 0.2) is 59.9 Å². The third kappa shape index (κ3) is 4.99. The summed E-state index contributed by atoms with van der Waals surface area (Å²) in [6.45, 7) is 2.05. The molecule has 0 radical (unpaired) electrons. The Hall–Kier alpha value is -2.57. The molecule has 0 bridgehead atoms. The van der Waals surface area contributed by atoms with Gasteiger partial charge in [-0.3, -0.25) is 4.79 Å². The molecule has 7 heteroatoms. The number of nitrogens with one attached hydrogen (secondary N) is 1. The largest absolute Gasteiger partial charge is 0.495 e. The number of hydrogen-bond acceptors (Lipinski definition) is 5. The number of para-hydroxylation sites is 2. The van der Waals surface area contributed by atoms with Gasteiger partial charge in [0.2, 0.25) is 0 Å². The Bertz CT molecular complexity index is 948. The van der Waals surface area contributed by atoms with Crippen molar-refractivity contribution in [3.63, 3.8) is 0 Å². The van der Waals surface area contributed by atoms with Gasteiger partial charge in [-0.15, -0.1) is 0 Å². The standard InChI is InChI=1S/C20H18ClN3O2S/c1-13-7-9-14(10-8-13)12-27-20-22-11-15(21)18(24-20)19(25)23-16-5-3-4-6-17(16)26-2/h3-11H,12H2,1-2H3,(H,23,25). The molecule has 1 aromatic heterocycles. The van der Waals surface area contributed by atoms with Gasteiger partial charge < -0.3 is 10.1 Å². The Balaban J connectivity index is 1.74. The fourth-order valence-corrected chi connectivity index (χ4v) is 3.29. The van der Waals surface area contributed by atoms with Crippen molar-refractivity contribution in [3.05, 3.63) is 76.6 Å². The fourth-order valence-electron chi connectivity index (χ4n) is 2.34. The molecule has 0 atom stereocenters. The van der Waals surface area contributed by atoms with E-state index >= 15 is 0 Å². The molecule has 0 unspecified atom stereocenters. The number of amides is 1. The number of hydrogen-bond donors (Lipinski definition) is 1. The van der Waals surface area contributed by atoms with Crippen LogP contribution in [-0.2, 0) is 5.75 Å². The maximum absolute atomic E-state index is 12.6. The number of nitrogens with zero attached hydrogens (tertiary/aromatic N) is 2. The lowest BCUT2D eigenvalue weighted by Gasteiger charge is -2.10. The highest BCUT2D eigenvalue weighted by atomic mass is 35.5. The van der Waals surface area contributed by atoms with Crippen molar-refractivity contribution < 1.29 is 9.53 Å². The molecule has 3 aromatic rings. The van der Waals surface area contributed by atoms with Gasteiger partial charge in [0.25, 0.3) is 5.91 Å². The third-order valence-electron chi connectivity index (χ3n) is 3.78. The van der Waals surface area contributed by atoms with Crippen LogP contribution in [0.5, 0.6) is 5.75 Å². The maximum atomic E-state index is 12.6. The van der Waals surface area contributed by atoms with E-state index in [2.05, 4.69) is 39.6 Å². The summed E-state index contributed by atoms with van der Waals surface area (Å²) in [5.41, 5.74) is 3.04. The van der Waals surface area contributed by atoms with Crippen molar-refractivity contribution in [2.45, 2.75) is 17.8 Å². The van der Waals surface area contributed by atoms with Crippen molar-refractivity contribution in [3.8, 4) is 5.75 Å².